The van der Waals surface area contributed by atoms with Crippen LogP contribution in [-0.4, -0.2) is 0 Å². The molecule has 0 atom stereocenters. The van der Waals surface area contributed by atoms with E-state index in [4.69, 9.17) is 10.2 Å². The quantitative estimate of drug-likeness (QED) is 0.395. The van der Waals surface area contributed by atoms with Crippen LogP contribution in [0.25, 0.3) is 42.6 Å². The summed E-state index contributed by atoms with van der Waals surface area (Å²) in [5.74, 6) is 0.868. The van der Waals surface area contributed by atoms with Gasteiger partial charge in [0.2, 0.25) is 0 Å². The molecule has 0 amide bonds. The highest BCUT2D eigenvalue weighted by Crippen LogP contribution is 2.44. The SMILES string of the molecule is Nc1c(-c2cccc(-c3ccco3)c2)sc2ccc3ccccc3c12. The van der Waals surface area contributed by atoms with E-state index < -0.39 is 0 Å². The summed E-state index contributed by atoms with van der Waals surface area (Å²) >= 11 is 1.74. The van der Waals surface area contributed by atoms with Crippen molar-refractivity contribution in [3.63, 3.8) is 0 Å². The van der Waals surface area contributed by atoms with Crippen LogP contribution in [0.1, 0.15) is 0 Å². The van der Waals surface area contributed by atoms with Crippen LogP contribution in [0.15, 0.2) is 83.5 Å². The lowest BCUT2D eigenvalue weighted by Gasteiger charge is -2.04. The van der Waals surface area contributed by atoms with Crippen molar-refractivity contribution in [2.24, 2.45) is 0 Å². The summed E-state index contributed by atoms with van der Waals surface area (Å²) in [4.78, 5) is 1.11. The van der Waals surface area contributed by atoms with Crippen LogP contribution in [0.3, 0.4) is 0 Å². The first-order valence-corrected chi connectivity index (χ1v) is 8.97. The molecule has 2 nitrogen and oxygen atoms in total. The standard InChI is InChI=1S/C22H15NOS/c23-21-20-17-8-2-1-5-14(17)10-11-19(20)25-22(21)16-7-3-6-15(13-16)18-9-4-12-24-18/h1-13H,23H2. The number of fused-ring (bicyclic) bond motifs is 3. The van der Waals surface area contributed by atoms with Crippen LogP contribution in [0.2, 0.25) is 0 Å². The third kappa shape index (κ3) is 2.24. The van der Waals surface area contributed by atoms with Gasteiger partial charge in [-0.3, -0.25) is 0 Å². The van der Waals surface area contributed by atoms with Gasteiger partial charge in [-0.25, -0.2) is 0 Å². The fourth-order valence-electron chi connectivity index (χ4n) is 3.36. The minimum atomic E-state index is 0.855. The van der Waals surface area contributed by atoms with E-state index in [0.717, 1.165) is 32.8 Å². The van der Waals surface area contributed by atoms with Crippen LogP contribution in [0, 0.1) is 0 Å². The molecule has 3 aromatic carbocycles. The molecule has 0 unspecified atom stereocenters. The molecule has 0 saturated heterocycles. The van der Waals surface area contributed by atoms with E-state index in [-0.39, 0.29) is 0 Å². The molecule has 0 spiro atoms. The largest absolute Gasteiger partial charge is 0.464 e. The molecule has 5 rings (SSSR count). The van der Waals surface area contributed by atoms with Crippen LogP contribution in [0.4, 0.5) is 5.69 Å². The van der Waals surface area contributed by atoms with Gasteiger partial charge in [-0.05, 0) is 40.6 Å². The van der Waals surface area contributed by atoms with Gasteiger partial charge in [0.15, 0.2) is 0 Å². The van der Waals surface area contributed by atoms with Crippen molar-refractivity contribution in [3.05, 3.63) is 79.1 Å². The highest BCUT2D eigenvalue weighted by atomic mass is 32.1. The number of hydrogen-bond acceptors (Lipinski definition) is 3. The van der Waals surface area contributed by atoms with E-state index in [2.05, 4.69) is 60.7 Å². The normalized spacial score (nSPS) is 11.4. The molecule has 0 aliphatic heterocycles. The highest BCUT2D eigenvalue weighted by molar-refractivity contribution is 7.23. The molecule has 25 heavy (non-hydrogen) atoms. The van der Waals surface area contributed by atoms with E-state index in [1.807, 2.05) is 12.1 Å². The van der Waals surface area contributed by atoms with Gasteiger partial charge in [-0.2, -0.15) is 0 Å². The van der Waals surface area contributed by atoms with E-state index in [1.165, 1.54) is 15.5 Å². The predicted octanol–water partition coefficient (Wildman–Crippen LogP) is 6.56. The Morgan fingerprint density at radius 3 is 2.56 bits per heavy atom. The minimum Gasteiger partial charge on any atom is -0.464 e. The number of nitrogen functional groups attached to an aromatic ring is 1. The molecular weight excluding hydrogens is 326 g/mol. The van der Waals surface area contributed by atoms with Crippen LogP contribution in [0.5, 0.6) is 0 Å². The molecule has 0 fully saturated rings. The van der Waals surface area contributed by atoms with E-state index in [0.29, 0.717) is 0 Å². The number of nitrogens with two attached hydrogens (primary N) is 1. The molecule has 120 valence electrons. The zero-order chi connectivity index (χ0) is 16.8. The zero-order valence-corrected chi connectivity index (χ0v) is 14.2. The van der Waals surface area contributed by atoms with Crippen molar-refractivity contribution in [1.82, 2.24) is 0 Å². The Balaban J connectivity index is 1.75. The molecule has 2 N–H and O–H groups in total. The Bertz CT molecular complexity index is 1200. The third-order valence-electron chi connectivity index (χ3n) is 4.55. The monoisotopic (exact) mass is 341 g/mol. The Morgan fingerprint density at radius 2 is 1.68 bits per heavy atom. The zero-order valence-electron chi connectivity index (χ0n) is 13.4. The van der Waals surface area contributed by atoms with Gasteiger partial charge < -0.3 is 10.2 Å². The fraction of sp³-hybridized carbons (Fsp3) is 0. The average molecular weight is 341 g/mol. The molecule has 5 aromatic rings. The van der Waals surface area contributed by atoms with Crippen molar-refractivity contribution in [2.75, 3.05) is 5.73 Å². The summed E-state index contributed by atoms with van der Waals surface area (Å²) in [6, 6.07) is 25.0. The second kappa shape index (κ2) is 5.50. The lowest BCUT2D eigenvalue weighted by Crippen LogP contribution is -1.87. The summed E-state index contributed by atoms with van der Waals surface area (Å²) in [5, 5.41) is 3.58. The summed E-state index contributed by atoms with van der Waals surface area (Å²) in [6.07, 6.45) is 1.70. The Morgan fingerprint density at radius 1 is 0.800 bits per heavy atom. The first-order valence-electron chi connectivity index (χ1n) is 8.15. The van der Waals surface area contributed by atoms with Gasteiger partial charge in [0.05, 0.1) is 16.8 Å². The smallest absolute Gasteiger partial charge is 0.133 e. The van der Waals surface area contributed by atoms with Gasteiger partial charge >= 0.3 is 0 Å². The van der Waals surface area contributed by atoms with Gasteiger partial charge in [0.1, 0.15) is 5.76 Å². The Kier molecular flexibility index (Phi) is 3.15. The number of anilines is 1. The summed E-state index contributed by atoms with van der Waals surface area (Å²) < 4.78 is 6.75. The lowest BCUT2D eigenvalue weighted by molar-refractivity contribution is 0.582. The molecule has 2 aromatic heterocycles. The molecule has 0 aliphatic carbocycles. The maximum Gasteiger partial charge on any atom is 0.133 e. The highest BCUT2D eigenvalue weighted by Gasteiger charge is 2.14. The molecule has 2 heterocycles. The van der Waals surface area contributed by atoms with E-state index in [1.54, 1.807) is 17.6 Å². The van der Waals surface area contributed by atoms with Crippen LogP contribution >= 0.6 is 11.3 Å². The van der Waals surface area contributed by atoms with Gasteiger partial charge in [-0.15, -0.1) is 11.3 Å². The van der Waals surface area contributed by atoms with E-state index in [9.17, 15) is 0 Å². The summed E-state index contributed by atoms with van der Waals surface area (Å²) in [5.41, 5.74) is 9.63. The number of hydrogen-bond donors (Lipinski definition) is 1. The first-order chi connectivity index (χ1) is 12.3. The van der Waals surface area contributed by atoms with Crippen molar-refractivity contribution < 1.29 is 4.42 Å². The third-order valence-corrected chi connectivity index (χ3v) is 5.77. The lowest BCUT2D eigenvalue weighted by atomic mass is 10.0. The Hall–Kier alpha value is -3.04. The molecule has 3 heteroatoms. The maximum absolute atomic E-state index is 6.59. The van der Waals surface area contributed by atoms with Gasteiger partial charge in [0, 0.05) is 15.6 Å². The van der Waals surface area contributed by atoms with E-state index >= 15 is 0 Å². The number of rotatable bonds is 2. The van der Waals surface area contributed by atoms with Crippen LogP contribution in [-0.2, 0) is 0 Å². The molecule has 0 saturated carbocycles. The van der Waals surface area contributed by atoms with Crippen molar-refractivity contribution in [1.29, 1.82) is 0 Å². The van der Waals surface area contributed by atoms with Crippen molar-refractivity contribution >= 4 is 37.9 Å². The average Bonchev–Trinajstić information content (AvgIpc) is 3.30. The van der Waals surface area contributed by atoms with Crippen LogP contribution < -0.4 is 5.73 Å². The van der Waals surface area contributed by atoms with Crippen molar-refractivity contribution in [3.8, 4) is 21.8 Å². The molecule has 0 radical (unpaired) electrons. The molecule has 0 aliphatic rings. The predicted molar refractivity (Wildman–Crippen MR) is 107 cm³/mol. The molecular formula is C22H15NOS. The topological polar surface area (TPSA) is 39.2 Å². The fourth-order valence-corrected chi connectivity index (χ4v) is 4.50. The second-order valence-corrected chi connectivity index (χ2v) is 7.12. The summed E-state index contributed by atoms with van der Waals surface area (Å²) in [6.45, 7) is 0. The number of furan rings is 1. The number of benzene rings is 3. The summed E-state index contributed by atoms with van der Waals surface area (Å²) in [7, 11) is 0. The first kappa shape index (κ1) is 14.3. The maximum atomic E-state index is 6.59. The molecule has 0 bridgehead atoms. The Labute approximate surface area is 149 Å². The minimum absolute atomic E-state index is 0.855. The van der Waals surface area contributed by atoms with Crippen molar-refractivity contribution in [2.45, 2.75) is 0 Å². The second-order valence-electron chi connectivity index (χ2n) is 6.06. The van der Waals surface area contributed by atoms with Gasteiger partial charge in [0.25, 0.3) is 0 Å². The van der Waals surface area contributed by atoms with Gasteiger partial charge in [-0.1, -0.05) is 48.5 Å². The number of thiophene rings is 1.